The van der Waals surface area contributed by atoms with E-state index in [1.54, 1.807) is 0 Å². The molecule has 7 heteroatoms. The van der Waals surface area contributed by atoms with Crippen LogP contribution in [0.2, 0.25) is 0 Å². The Hall–Kier alpha value is -2.05. The summed E-state index contributed by atoms with van der Waals surface area (Å²) >= 11 is 0. The summed E-state index contributed by atoms with van der Waals surface area (Å²) in [6, 6.07) is 3.49. The molecule has 1 rings (SSSR count). The third kappa shape index (κ3) is 2.97. The van der Waals surface area contributed by atoms with Gasteiger partial charge in [0.25, 0.3) is 7.63 Å². The Morgan fingerprint density at radius 2 is 2.00 bits per heavy atom. The fraction of sp³-hybridized carbons (Fsp3) is 0.111. The van der Waals surface area contributed by atoms with Gasteiger partial charge in [-0.25, -0.2) is 0 Å². The Morgan fingerprint density at radius 3 is 2.38 bits per heavy atom. The Bertz CT molecular complexity index is 442. The maximum Gasteiger partial charge on any atom is 0.416 e. The van der Waals surface area contributed by atoms with Crippen molar-refractivity contribution < 1.29 is 23.2 Å². The van der Waals surface area contributed by atoms with Crippen LogP contribution in [-0.4, -0.2) is 10.0 Å². The smallest absolute Gasteiger partial charge is 0.416 e. The van der Waals surface area contributed by atoms with Crippen molar-refractivity contribution in [3.63, 3.8) is 0 Å². The second kappa shape index (κ2) is 4.21. The number of halogens is 3. The second-order valence-corrected chi connectivity index (χ2v) is 2.85. The lowest BCUT2D eigenvalue weighted by molar-refractivity contribution is -0.402. The molecule has 4 nitrogen and oxygen atoms in total. The summed E-state index contributed by atoms with van der Waals surface area (Å²) < 4.78 is 43.2. The van der Waals surface area contributed by atoms with Crippen LogP contribution in [0, 0.1) is 10.1 Å². The minimum absolute atomic E-state index is 0.0182. The van der Waals surface area contributed by atoms with Gasteiger partial charge in [0.05, 0.1) is 10.5 Å². The van der Waals surface area contributed by atoms with Crippen LogP contribution in [-0.2, 0) is 6.18 Å². The quantitative estimate of drug-likeness (QED) is 0.497. The minimum atomic E-state index is -4.48. The number of alkyl halides is 3. The lowest BCUT2D eigenvalue weighted by atomic mass is 10.1. The van der Waals surface area contributed by atoms with Crippen LogP contribution in [0.15, 0.2) is 30.5 Å². The number of hydrogen-bond acceptors (Lipinski definition) is 3. The van der Waals surface area contributed by atoms with E-state index in [1.807, 2.05) is 0 Å². The van der Waals surface area contributed by atoms with E-state index in [1.165, 1.54) is 0 Å². The van der Waals surface area contributed by atoms with Crippen LogP contribution in [0.5, 0.6) is 0 Å². The van der Waals surface area contributed by atoms with E-state index in [9.17, 15) is 23.3 Å². The normalized spacial score (nSPS) is 13.2. The molecule has 0 bridgehead atoms. The zero-order chi connectivity index (χ0) is 13.1. The number of benzene rings is 1. The molecule has 0 fully saturated rings. The summed E-state index contributed by atoms with van der Waals surface area (Å²) in [5, 5.41) is 14.1. The van der Waals surface area contributed by atoms with Gasteiger partial charge in [-0.1, -0.05) is 12.1 Å². The molecule has 0 saturated heterocycles. The molecule has 1 N–H and O–H groups in total. The van der Waals surface area contributed by atoms with Crippen LogP contribution in [0.3, 0.4) is 0 Å². The number of nitro groups is 1. The molecule has 0 heterocycles. The van der Waals surface area contributed by atoms with Gasteiger partial charge in [0.1, 0.15) is 0 Å². The van der Waals surface area contributed by atoms with Gasteiger partial charge < -0.3 is 5.11 Å². The number of nitrogens with zero attached hydrogens (tertiary/aromatic N) is 1. The van der Waals surface area contributed by atoms with E-state index in [0.29, 0.717) is 6.20 Å². The van der Waals surface area contributed by atoms with Gasteiger partial charge >= 0.3 is 6.18 Å². The number of aliphatic hydroxyl groups is 1. The van der Waals surface area contributed by atoms with Gasteiger partial charge in [0, 0.05) is 5.56 Å². The molecule has 16 heavy (non-hydrogen) atoms. The lowest BCUT2D eigenvalue weighted by Crippen LogP contribution is -2.04. The Labute approximate surface area is 89.3 Å². The van der Waals surface area contributed by atoms with E-state index in [0.717, 1.165) is 24.3 Å². The van der Waals surface area contributed by atoms with E-state index >= 15 is 0 Å². The monoisotopic (exact) mass is 235 g/mol. The largest absolute Gasteiger partial charge is 0.502 e. The maximum atomic E-state index is 12.2. The van der Waals surface area contributed by atoms with E-state index < -0.39 is 22.4 Å². The minimum Gasteiger partial charge on any atom is -0.502 e. The average Bonchev–Trinajstić information content (AvgIpc) is 2.24. The predicted molar refractivity (Wildman–Crippen MR) is 49.0 cm³/mol. The molecule has 0 aliphatic heterocycles. The zero-order valence-electron chi connectivity index (χ0n) is 8.69. The van der Waals surface area contributed by atoms with Gasteiger partial charge in [0.15, 0.2) is 5.76 Å². The average molecular weight is 235 g/mol. The van der Waals surface area contributed by atoms with Gasteiger partial charge in [0.2, 0.25) is 0 Å². The summed E-state index contributed by atoms with van der Waals surface area (Å²) in [6.07, 6.45) is -4.08. The van der Waals surface area contributed by atoms with E-state index in [-0.39, 0.29) is 5.56 Å². The molecule has 0 aromatic heterocycles. The summed E-state index contributed by atoms with van der Waals surface area (Å²) in [5.74, 6) is -0.441. The van der Waals surface area contributed by atoms with Crippen molar-refractivity contribution in [1.82, 2.24) is 0 Å². The highest BCUT2D eigenvalue weighted by atomic mass is 19.4. The molecule has 0 unspecified atom stereocenters. The number of aliphatic hydroxyl groups excluding tert-OH is 1. The van der Waals surface area contributed by atoms with Crippen molar-refractivity contribution in [1.29, 1.82) is 1.43 Å². The molecule has 0 spiro atoms. The highest BCUT2D eigenvalue weighted by molar-refractivity contribution is 5.57. The summed E-state index contributed by atoms with van der Waals surface area (Å²) in [4.78, 5) is 9.29. The predicted octanol–water partition coefficient (Wildman–Crippen LogP) is 2.84. The van der Waals surface area contributed by atoms with Crippen molar-refractivity contribution in [2.75, 3.05) is 0 Å². The van der Waals surface area contributed by atoms with Gasteiger partial charge in [-0.05, 0) is 12.1 Å². The topological polar surface area (TPSA) is 63.4 Å². The molecular weight excluding hydrogens is 227 g/mol. The second-order valence-electron chi connectivity index (χ2n) is 2.85. The van der Waals surface area contributed by atoms with E-state index in [2.05, 4.69) is 5.11 Å². The fourth-order valence-electron chi connectivity index (χ4n) is 0.994. The molecular formula is C9H6F3NO3. The molecule has 0 saturated carbocycles. The summed E-state index contributed by atoms with van der Waals surface area (Å²) in [5.41, 5.74) is -0.864. The summed E-state index contributed by atoms with van der Waals surface area (Å²) in [7, 11) is 0. The first-order valence-electron chi connectivity index (χ1n) is 4.41. The highest BCUT2D eigenvalue weighted by Crippen LogP contribution is 2.29. The van der Waals surface area contributed by atoms with Crippen LogP contribution >= 0.6 is 0 Å². The van der Waals surface area contributed by atoms with E-state index in [4.69, 9.17) is 1.43 Å². The lowest BCUT2D eigenvalue weighted by Gasteiger charge is -2.06. The fourth-order valence-corrected chi connectivity index (χ4v) is 0.994. The van der Waals surface area contributed by atoms with Crippen LogP contribution < -0.4 is 0 Å². The molecule has 0 aliphatic carbocycles. The Balaban J connectivity index is 3.05. The van der Waals surface area contributed by atoms with Crippen molar-refractivity contribution in [2.24, 2.45) is 0 Å². The van der Waals surface area contributed by atoms with Gasteiger partial charge in [-0.3, -0.25) is 10.1 Å². The van der Waals surface area contributed by atoms with Crippen LogP contribution in [0.1, 0.15) is 11.1 Å². The molecule has 1 aromatic carbocycles. The van der Waals surface area contributed by atoms with Crippen molar-refractivity contribution >= 4 is 5.76 Å². The first-order chi connectivity index (χ1) is 7.84. The van der Waals surface area contributed by atoms with Crippen molar-refractivity contribution in [3.05, 3.63) is 51.7 Å². The molecule has 0 amide bonds. The standard InChI is InChI=1S/C9H6F3NO3/c10-9(11,12)7-3-1-6(2-4-7)8(14)5-13(15)16/h1-5,14H/b8-5+/i/hT. The Morgan fingerprint density at radius 1 is 1.44 bits per heavy atom. The maximum absolute atomic E-state index is 12.2. The highest BCUT2D eigenvalue weighted by Gasteiger charge is 2.30. The molecule has 0 atom stereocenters. The van der Waals surface area contributed by atoms with Gasteiger partial charge in [-0.15, -0.1) is 0 Å². The van der Waals surface area contributed by atoms with Crippen molar-refractivity contribution in [3.8, 4) is 0 Å². The molecule has 0 aliphatic rings. The SMILES string of the molecule is [3H]O/C(=C/[N+](=O)[O-])c1ccc(C(F)(F)F)cc1. The molecule has 1 aromatic rings. The Kier molecular flexibility index (Phi) is 2.76. The first kappa shape index (κ1) is 10.5. The zero-order valence-corrected chi connectivity index (χ0v) is 7.69. The van der Waals surface area contributed by atoms with Gasteiger partial charge in [-0.2, -0.15) is 13.2 Å². The third-order valence-corrected chi connectivity index (χ3v) is 1.72. The number of rotatable bonds is 3. The molecule has 86 valence electrons. The first-order valence-corrected chi connectivity index (χ1v) is 4.00. The third-order valence-electron chi connectivity index (χ3n) is 1.72. The van der Waals surface area contributed by atoms with Crippen LogP contribution in [0.4, 0.5) is 13.2 Å². The van der Waals surface area contributed by atoms with Crippen molar-refractivity contribution in [2.45, 2.75) is 6.18 Å². The van der Waals surface area contributed by atoms with Crippen LogP contribution in [0.25, 0.3) is 7.19 Å². The summed E-state index contributed by atoms with van der Waals surface area (Å²) in [6.45, 7) is 0. The molecule has 0 radical (unpaired) electrons. The number of hydrogen-bond donors (Lipinski definition) is 1.